The predicted molar refractivity (Wildman–Crippen MR) is 81.7 cm³/mol. The van der Waals surface area contributed by atoms with Gasteiger partial charge in [0, 0.05) is 13.0 Å². The van der Waals surface area contributed by atoms with Gasteiger partial charge in [-0.2, -0.15) is 5.48 Å². The van der Waals surface area contributed by atoms with E-state index in [0.717, 1.165) is 5.56 Å². The van der Waals surface area contributed by atoms with Crippen LogP contribution in [-0.4, -0.2) is 52.8 Å². The van der Waals surface area contributed by atoms with E-state index in [-0.39, 0.29) is 13.2 Å². The van der Waals surface area contributed by atoms with E-state index in [9.17, 15) is 24.3 Å². The van der Waals surface area contributed by atoms with Crippen LogP contribution >= 0.6 is 7.80 Å². The minimum Gasteiger partial charge on any atom is -0.390 e. The normalized spacial score (nSPS) is 18.4. The van der Waals surface area contributed by atoms with Gasteiger partial charge in [0.1, 0.15) is 13.9 Å². The summed E-state index contributed by atoms with van der Waals surface area (Å²) in [4.78, 5) is 5.12. The molecule has 0 bridgehead atoms. The number of aliphatic hydroxyl groups excluding tert-OH is 3. The zero-order valence-electron chi connectivity index (χ0n) is 12.4. The van der Waals surface area contributed by atoms with Gasteiger partial charge in [-0.15, -0.1) is 0 Å². The molecular weight excluding hydrogens is 312 g/mol. The first-order chi connectivity index (χ1) is 10.4. The summed E-state index contributed by atoms with van der Waals surface area (Å²) in [7, 11) is -2.43. The van der Waals surface area contributed by atoms with E-state index in [0.29, 0.717) is 0 Å². The van der Waals surface area contributed by atoms with Crippen molar-refractivity contribution in [3.63, 3.8) is 0 Å². The van der Waals surface area contributed by atoms with Gasteiger partial charge >= 0.3 is 0 Å². The average Bonchev–Trinajstić information content (AvgIpc) is 2.51. The molecule has 4 N–H and O–H groups in total. The third kappa shape index (κ3) is 6.96. The molecule has 1 aromatic rings. The Bertz CT molecular complexity index is 450. The highest BCUT2D eigenvalue weighted by atomic mass is 31.1. The van der Waals surface area contributed by atoms with Crippen LogP contribution in [0.3, 0.4) is 0 Å². The Labute approximate surface area is 129 Å². The molecule has 1 aromatic carbocycles. The van der Waals surface area contributed by atoms with Crippen molar-refractivity contribution in [1.82, 2.24) is 5.48 Å². The van der Waals surface area contributed by atoms with Crippen LogP contribution < -0.4 is 5.48 Å². The first-order valence-corrected chi connectivity index (χ1v) is 8.97. The van der Waals surface area contributed by atoms with Crippen LogP contribution in [-0.2, 0) is 16.0 Å². The molecule has 126 valence electrons. The van der Waals surface area contributed by atoms with Crippen molar-refractivity contribution in [2.75, 3.05) is 13.2 Å². The summed E-state index contributed by atoms with van der Waals surface area (Å²) < 4.78 is 24.2. The molecule has 6 nitrogen and oxygen atoms in total. The second kappa shape index (κ2) is 10.0. The average molecular weight is 335 g/mol. The summed E-state index contributed by atoms with van der Waals surface area (Å²) >= 11 is 0. The molecule has 0 spiro atoms. The zero-order valence-corrected chi connectivity index (χ0v) is 13.4. The van der Waals surface area contributed by atoms with Crippen molar-refractivity contribution in [2.24, 2.45) is 0 Å². The maximum absolute atomic E-state index is 13.2. The molecular formula is C14H23FNO5P. The largest absolute Gasteiger partial charge is 0.390 e. The Kier molecular flexibility index (Phi) is 8.78. The predicted octanol–water partition coefficient (Wildman–Crippen LogP) is 0.666. The fraction of sp³-hybridized carbons (Fsp3) is 0.571. The first kappa shape index (κ1) is 19.2. The molecule has 0 aromatic heterocycles. The fourth-order valence-corrected chi connectivity index (χ4v) is 2.32. The molecule has 0 heterocycles. The van der Waals surface area contributed by atoms with E-state index in [1.807, 2.05) is 30.3 Å². The molecule has 0 aliphatic rings. The lowest BCUT2D eigenvalue weighted by molar-refractivity contribution is -0.0822. The van der Waals surface area contributed by atoms with E-state index in [2.05, 4.69) is 5.48 Å². The van der Waals surface area contributed by atoms with Gasteiger partial charge < -0.3 is 19.9 Å². The van der Waals surface area contributed by atoms with Gasteiger partial charge in [0.05, 0.1) is 18.8 Å². The van der Waals surface area contributed by atoms with Gasteiger partial charge in [-0.1, -0.05) is 30.3 Å². The van der Waals surface area contributed by atoms with E-state index in [1.165, 1.54) is 6.66 Å². The van der Waals surface area contributed by atoms with E-state index in [1.54, 1.807) is 0 Å². The summed E-state index contributed by atoms with van der Waals surface area (Å²) in [6.07, 6.45) is -4.85. The minimum atomic E-state index is -2.43. The number of aliphatic hydroxyl groups is 3. The molecule has 0 radical (unpaired) electrons. The van der Waals surface area contributed by atoms with Crippen molar-refractivity contribution in [3.8, 4) is 0 Å². The summed E-state index contributed by atoms with van der Waals surface area (Å²) in [5.41, 5.74) is 3.40. The van der Waals surface area contributed by atoms with Gasteiger partial charge in [-0.05, 0) is 12.2 Å². The molecule has 0 amide bonds. The van der Waals surface area contributed by atoms with Crippen LogP contribution in [0.1, 0.15) is 12.0 Å². The standard InChI is InChI=1S/C14H23FNO5P/c1-22(20)13(15)7-11(17)14(19)12(18)8-16-21-9-10-5-3-2-4-6-10/h2-6,11-14,16-19,22H,7-9H2,1H3/t11-,12+,13?,14-/m1/s1. The van der Waals surface area contributed by atoms with Gasteiger partial charge in [-0.3, -0.25) is 4.84 Å². The summed E-state index contributed by atoms with van der Waals surface area (Å²) in [5, 5.41) is 29.0. The Morgan fingerprint density at radius 1 is 1.23 bits per heavy atom. The van der Waals surface area contributed by atoms with Crippen molar-refractivity contribution < 1.29 is 29.1 Å². The third-order valence-electron chi connectivity index (χ3n) is 3.15. The molecule has 0 aliphatic heterocycles. The van der Waals surface area contributed by atoms with Gasteiger partial charge in [-0.25, -0.2) is 4.39 Å². The van der Waals surface area contributed by atoms with Crippen molar-refractivity contribution in [1.29, 1.82) is 0 Å². The van der Waals surface area contributed by atoms with E-state index in [4.69, 9.17) is 4.84 Å². The molecule has 0 saturated heterocycles. The maximum atomic E-state index is 13.2. The Morgan fingerprint density at radius 2 is 1.86 bits per heavy atom. The Hall–Kier alpha value is -0.820. The molecule has 1 rings (SSSR count). The van der Waals surface area contributed by atoms with Crippen molar-refractivity contribution in [2.45, 2.75) is 37.3 Å². The minimum absolute atomic E-state index is 0.136. The lowest BCUT2D eigenvalue weighted by Crippen LogP contribution is -2.43. The van der Waals surface area contributed by atoms with Crippen LogP contribution in [0.2, 0.25) is 0 Å². The number of alkyl halides is 1. The maximum Gasteiger partial charge on any atom is 0.152 e. The third-order valence-corrected chi connectivity index (χ3v) is 4.27. The number of halogens is 1. The molecule has 2 unspecified atom stereocenters. The number of hydrogen-bond acceptors (Lipinski definition) is 6. The van der Waals surface area contributed by atoms with Crippen LogP contribution in [0.5, 0.6) is 0 Å². The van der Waals surface area contributed by atoms with Gasteiger partial charge in [0.2, 0.25) is 0 Å². The SMILES string of the molecule is C[PH](=O)C(F)C[C@@H](O)[C@@H](O)[C@@H](O)CNOCc1ccccc1. The zero-order chi connectivity index (χ0) is 16.5. The number of nitrogens with one attached hydrogen (secondary N) is 1. The number of hydrogen-bond donors (Lipinski definition) is 4. The summed E-state index contributed by atoms with van der Waals surface area (Å²) in [6, 6.07) is 9.33. The second-order valence-corrected chi connectivity index (χ2v) is 6.91. The van der Waals surface area contributed by atoms with Crippen LogP contribution in [0.25, 0.3) is 0 Å². The monoisotopic (exact) mass is 335 g/mol. The number of hydroxylamine groups is 1. The number of benzene rings is 1. The lowest BCUT2D eigenvalue weighted by Gasteiger charge is -2.23. The second-order valence-electron chi connectivity index (χ2n) is 5.06. The smallest absolute Gasteiger partial charge is 0.152 e. The molecule has 0 fully saturated rings. The topological polar surface area (TPSA) is 99.0 Å². The molecule has 5 atom stereocenters. The van der Waals surface area contributed by atoms with Crippen molar-refractivity contribution >= 4 is 7.80 Å². The molecule has 0 aliphatic carbocycles. The van der Waals surface area contributed by atoms with E-state index < -0.39 is 38.4 Å². The Balaban J connectivity index is 2.25. The van der Waals surface area contributed by atoms with Crippen molar-refractivity contribution in [3.05, 3.63) is 35.9 Å². The Morgan fingerprint density at radius 3 is 2.45 bits per heavy atom. The molecule has 8 heteroatoms. The quantitative estimate of drug-likeness (QED) is 0.285. The van der Waals surface area contributed by atoms with Gasteiger partial charge in [0.25, 0.3) is 0 Å². The highest BCUT2D eigenvalue weighted by molar-refractivity contribution is 7.44. The van der Waals surface area contributed by atoms with Gasteiger partial charge in [0.15, 0.2) is 5.91 Å². The van der Waals surface area contributed by atoms with Crippen LogP contribution in [0, 0.1) is 0 Å². The highest BCUT2D eigenvalue weighted by Gasteiger charge is 2.28. The van der Waals surface area contributed by atoms with E-state index >= 15 is 0 Å². The molecule has 22 heavy (non-hydrogen) atoms. The van der Waals surface area contributed by atoms with Crippen LogP contribution in [0.4, 0.5) is 4.39 Å². The lowest BCUT2D eigenvalue weighted by atomic mass is 10.1. The fourth-order valence-electron chi connectivity index (χ4n) is 1.75. The summed E-state index contributed by atoms with van der Waals surface area (Å²) in [6.45, 7) is 1.38. The number of rotatable bonds is 10. The first-order valence-electron chi connectivity index (χ1n) is 6.99. The van der Waals surface area contributed by atoms with Crippen LogP contribution in [0.15, 0.2) is 30.3 Å². The highest BCUT2D eigenvalue weighted by Crippen LogP contribution is 2.28. The molecule has 0 saturated carbocycles. The summed E-state index contributed by atoms with van der Waals surface area (Å²) in [5.74, 6) is -1.68.